The van der Waals surface area contributed by atoms with E-state index in [0.717, 1.165) is 5.56 Å². The predicted octanol–water partition coefficient (Wildman–Crippen LogP) is 0.515. The van der Waals surface area contributed by atoms with Gasteiger partial charge in [0.2, 0.25) is 5.91 Å². The number of nitrogens with one attached hydrogen (secondary N) is 3. The normalized spacial score (nSPS) is 16.5. The summed E-state index contributed by atoms with van der Waals surface area (Å²) in [6.07, 6.45) is 0. The van der Waals surface area contributed by atoms with Crippen LogP contribution in [0.1, 0.15) is 12.5 Å². The molecule has 116 valence electrons. The number of piperazine rings is 1. The Morgan fingerprint density at radius 2 is 1.95 bits per heavy atom. The quantitative estimate of drug-likeness (QED) is 0.756. The Labute approximate surface area is 124 Å². The van der Waals surface area contributed by atoms with Crippen molar-refractivity contribution in [2.75, 3.05) is 36.2 Å². The molecule has 21 heavy (non-hydrogen) atoms. The lowest BCUT2D eigenvalue weighted by Crippen LogP contribution is -2.48. The number of nitrogens with zero attached hydrogens (tertiary/aromatic N) is 1. The van der Waals surface area contributed by atoms with E-state index in [4.69, 9.17) is 0 Å². The molecule has 1 aliphatic heterocycles. The first kappa shape index (κ1) is 15.7. The summed E-state index contributed by atoms with van der Waals surface area (Å²) in [5, 5.41) is 5.79. The van der Waals surface area contributed by atoms with E-state index in [1.54, 1.807) is 18.2 Å². The molecule has 1 amide bonds. The minimum absolute atomic E-state index is 0.194. The number of aryl methyl sites for hydroxylation is 1. The Morgan fingerprint density at radius 1 is 1.29 bits per heavy atom. The van der Waals surface area contributed by atoms with Crippen molar-refractivity contribution < 1.29 is 13.2 Å². The van der Waals surface area contributed by atoms with Crippen LogP contribution in [0.15, 0.2) is 18.2 Å². The highest BCUT2D eigenvalue weighted by Crippen LogP contribution is 2.21. The van der Waals surface area contributed by atoms with E-state index in [0.29, 0.717) is 37.6 Å². The highest BCUT2D eigenvalue weighted by molar-refractivity contribution is 7.90. The third-order valence-corrected chi connectivity index (χ3v) is 4.75. The minimum Gasteiger partial charge on any atom is -0.326 e. The van der Waals surface area contributed by atoms with E-state index in [-0.39, 0.29) is 5.91 Å². The van der Waals surface area contributed by atoms with E-state index in [1.807, 2.05) is 6.92 Å². The summed E-state index contributed by atoms with van der Waals surface area (Å²) in [5.41, 5.74) is 1.90. The number of hydrogen-bond acceptors (Lipinski definition) is 4. The highest BCUT2D eigenvalue weighted by Gasteiger charge is 2.23. The molecule has 0 atom stereocenters. The fraction of sp³-hybridized carbons (Fsp3) is 0.462. The summed E-state index contributed by atoms with van der Waals surface area (Å²) in [6, 6.07) is 5.07. The first-order chi connectivity index (χ1) is 9.88. The van der Waals surface area contributed by atoms with Gasteiger partial charge in [-0.15, -0.1) is 0 Å². The van der Waals surface area contributed by atoms with Gasteiger partial charge in [0.15, 0.2) is 0 Å². The zero-order valence-corrected chi connectivity index (χ0v) is 13.0. The lowest BCUT2D eigenvalue weighted by atomic mass is 10.2. The molecule has 1 fully saturated rings. The summed E-state index contributed by atoms with van der Waals surface area (Å²) < 4.78 is 28.5. The average Bonchev–Trinajstić information content (AvgIpc) is 2.43. The van der Waals surface area contributed by atoms with E-state index in [9.17, 15) is 13.2 Å². The maximum Gasteiger partial charge on any atom is 0.301 e. The molecule has 0 spiro atoms. The SMILES string of the molecule is CC(=O)Nc1cc(NS(=O)(=O)N2CCNCC2)ccc1C. The van der Waals surface area contributed by atoms with Gasteiger partial charge in [-0.05, 0) is 24.6 Å². The van der Waals surface area contributed by atoms with Crippen molar-refractivity contribution >= 4 is 27.5 Å². The molecule has 0 aromatic heterocycles. The molecule has 0 aliphatic carbocycles. The molecular weight excluding hydrogens is 292 g/mol. The van der Waals surface area contributed by atoms with Crippen LogP contribution in [-0.2, 0) is 15.0 Å². The molecule has 0 unspecified atom stereocenters. The Kier molecular flexibility index (Phi) is 4.81. The number of carbonyl (C=O) groups is 1. The summed E-state index contributed by atoms with van der Waals surface area (Å²) in [4.78, 5) is 11.1. The first-order valence-corrected chi connectivity index (χ1v) is 8.19. The van der Waals surface area contributed by atoms with E-state index in [2.05, 4.69) is 15.4 Å². The summed E-state index contributed by atoms with van der Waals surface area (Å²) in [5.74, 6) is -0.194. The van der Waals surface area contributed by atoms with Crippen LogP contribution >= 0.6 is 0 Å². The van der Waals surface area contributed by atoms with Gasteiger partial charge in [-0.2, -0.15) is 12.7 Å². The van der Waals surface area contributed by atoms with Crippen LogP contribution in [-0.4, -0.2) is 44.8 Å². The van der Waals surface area contributed by atoms with Gasteiger partial charge in [0.05, 0.1) is 5.69 Å². The zero-order chi connectivity index (χ0) is 15.5. The van der Waals surface area contributed by atoms with Crippen LogP contribution in [0.5, 0.6) is 0 Å². The van der Waals surface area contributed by atoms with Crippen LogP contribution in [0.2, 0.25) is 0 Å². The minimum atomic E-state index is -3.56. The monoisotopic (exact) mass is 312 g/mol. The van der Waals surface area contributed by atoms with Crippen molar-refractivity contribution in [1.82, 2.24) is 9.62 Å². The topological polar surface area (TPSA) is 90.5 Å². The second kappa shape index (κ2) is 6.42. The largest absolute Gasteiger partial charge is 0.326 e. The maximum atomic E-state index is 12.3. The molecule has 1 heterocycles. The molecule has 3 N–H and O–H groups in total. The van der Waals surface area contributed by atoms with Crippen molar-refractivity contribution in [3.8, 4) is 0 Å². The molecule has 1 aromatic rings. The second-order valence-corrected chi connectivity index (χ2v) is 6.64. The van der Waals surface area contributed by atoms with Gasteiger partial charge < -0.3 is 10.6 Å². The maximum absolute atomic E-state index is 12.3. The number of rotatable bonds is 4. The number of anilines is 2. The Bertz CT molecular complexity index is 624. The third kappa shape index (κ3) is 4.16. The lowest BCUT2D eigenvalue weighted by molar-refractivity contribution is -0.114. The second-order valence-electron chi connectivity index (χ2n) is 4.97. The third-order valence-electron chi connectivity index (χ3n) is 3.21. The zero-order valence-electron chi connectivity index (χ0n) is 12.1. The molecule has 2 rings (SSSR count). The van der Waals surface area contributed by atoms with Crippen LogP contribution in [0.25, 0.3) is 0 Å². The van der Waals surface area contributed by atoms with Gasteiger partial charge >= 0.3 is 10.2 Å². The van der Waals surface area contributed by atoms with Crippen molar-refractivity contribution in [2.24, 2.45) is 0 Å². The van der Waals surface area contributed by atoms with Gasteiger partial charge in [-0.1, -0.05) is 6.07 Å². The van der Waals surface area contributed by atoms with Crippen LogP contribution in [0, 0.1) is 6.92 Å². The summed E-state index contributed by atoms with van der Waals surface area (Å²) in [6.45, 7) is 5.44. The van der Waals surface area contributed by atoms with Crippen molar-refractivity contribution in [2.45, 2.75) is 13.8 Å². The molecular formula is C13H20N4O3S. The summed E-state index contributed by atoms with van der Waals surface area (Å²) in [7, 11) is -3.56. The molecule has 7 nitrogen and oxygen atoms in total. The standard InChI is InChI=1S/C13H20N4O3S/c1-10-3-4-12(9-13(10)15-11(2)18)16-21(19,20)17-7-5-14-6-8-17/h3-4,9,14,16H,5-8H2,1-2H3,(H,15,18). The van der Waals surface area contributed by atoms with Crippen LogP contribution in [0.3, 0.4) is 0 Å². The van der Waals surface area contributed by atoms with Gasteiger partial charge in [-0.3, -0.25) is 9.52 Å². The Balaban J connectivity index is 2.16. The molecule has 0 saturated carbocycles. The van der Waals surface area contributed by atoms with Gasteiger partial charge in [-0.25, -0.2) is 0 Å². The Hall–Kier alpha value is -1.64. The molecule has 0 bridgehead atoms. The first-order valence-electron chi connectivity index (χ1n) is 6.75. The van der Waals surface area contributed by atoms with Crippen molar-refractivity contribution in [1.29, 1.82) is 0 Å². The number of hydrogen-bond donors (Lipinski definition) is 3. The fourth-order valence-electron chi connectivity index (χ4n) is 2.11. The number of carbonyl (C=O) groups excluding carboxylic acids is 1. The van der Waals surface area contributed by atoms with Crippen molar-refractivity contribution in [3.63, 3.8) is 0 Å². The molecule has 8 heteroatoms. The lowest BCUT2D eigenvalue weighted by Gasteiger charge is -2.27. The van der Waals surface area contributed by atoms with Gasteiger partial charge in [0.1, 0.15) is 0 Å². The van der Waals surface area contributed by atoms with E-state index in [1.165, 1.54) is 11.2 Å². The fourth-order valence-corrected chi connectivity index (χ4v) is 3.33. The highest BCUT2D eigenvalue weighted by atomic mass is 32.2. The molecule has 1 aliphatic rings. The average molecular weight is 312 g/mol. The predicted molar refractivity (Wildman–Crippen MR) is 82.5 cm³/mol. The van der Waals surface area contributed by atoms with Crippen LogP contribution in [0.4, 0.5) is 11.4 Å². The smallest absolute Gasteiger partial charge is 0.301 e. The molecule has 0 radical (unpaired) electrons. The van der Waals surface area contributed by atoms with Crippen molar-refractivity contribution in [3.05, 3.63) is 23.8 Å². The van der Waals surface area contributed by atoms with E-state index >= 15 is 0 Å². The summed E-state index contributed by atoms with van der Waals surface area (Å²) >= 11 is 0. The Morgan fingerprint density at radius 3 is 2.57 bits per heavy atom. The molecule has 1 aromatic carbocycles. The van der Waals surface area contributed by atoms with E-state index < -0.39 is 10.2 Å². The molecule has 1 saturated heterocycles. The number of benzene rings is 1. The number of amides is 1. The van der Waals surface area contributed by atoms with Gasteiger partial charge in [0.25, 0.3) is 0 Å². The van der Waals surface area contributed by atoms with Gasteiger partial charge in [0, 0.05) is 38.8 Å². The van der Waals surface area contributed by atoms with Crippen LogP contribution < -0.4 is 15.4 Å².